The number of nitrogens with two attached hydrogens (primary N) is 1. The summed E-state index contributed by atoms with van der Waals surface area (Å²) in [5, 5.41) is 0. The minimum Gasteiger partial charge on any atom is -0.371 e. The lowest BCUT2D eigenvalue weighted by Crippen LogP contribution is -2.43. The summed E-state index contributed by atoms with van der Waals surface area (Å²) in [7, 11) is 2.24. The largest absolute Gasteiger partial charge is 0.371 e. The highest BCUT2D eigenvalue weighted by Crippen LogP contribution is 2.25. The molecule has 1 saturated heterocycles. The van der Waals surface area contributed by atoms with E-state index >= 15 is 0 Å². The monoisotopic (exact) mass is 261 g/mol. The van der Waals surface area contributed by atoms with E-state index in [0.29, 0.717) is 6.04 Å². The first-order valence-electron chi connectivity index (χ1n) is 7.49. The van der Waals surface area contributed by atoms with Gasteiger partial charge in [0.1, 0.15) is 0 Å². The molecule has 2 rings (SSSR count). The summed E-state index contributed by atoms with van der Waals surface area (Å²) in [6, 6.07) is 9.35. The second kappa shape index (κ2) is 6.92. The maximum atomic E-state index is 5.72. The molecular weight excluding hydrogens is 234 g/mol. The van der Waals surface area contributed by atoms with Gasteiger partial charge in [0, 0.05) is 31.9 Å². The zero-order valence-electron chi connectivity index (χ0n) is 12.3. The summed E-state index contributed by atoms with van der Waals surface area (Å²) >= 11 is 0. The van der Waals surface area contributed by atoms with E-state index in [1.807, 2.05) is 0 Å². The summed E-state index contributed by atoms with van der Waals surface area (Å²) < 4.78 is 0. The molecule has 0 aromatic heterocycles. The number of benzene rings is 1. The van der Waals surface area contributed by atoms with Gasteiger partial charge in [-0.05, 0) is 44.0 Å². The molecule has 0 unspecified atom stereocenters. The third-order valence-corrected chi connectivity index (χ3v) is 4.34. The minimum atomic E-state index is 0.668. The normalized spacial score (nSPS) is 17.6. The number of rotatable bonds is 5. The van der Waals surface area contributed by atoms with Crippen molar-refractivity contribution >= 4 is 5.69 Å². The number of piperidine rings is 1. The van der Waals surface area contributed by atoms with E-state index in [-0.39, 0.29) is 0 Å². The van der Waals surface area contributed by atoms with Gasteiger partial charge in [0.15, 0.2) is 0 Å². The van der Waals surface area contributed by atoms with E-state index in [0.717, 1.165) is 13.0 Å². The molecule has 3 heteroatoms. The standard InChI is InChI=1S/C16H27N3/c1-3-19-12-9-15(10-13-19)18(2)16-7-5-4-6-14(16)8-11-17/h4-7,15H,3,8-13,17H2,1-2H3. The van der Waals surface area contributed by atoms with Crippen LogP contribution in [0.2, 0.25) is 0 Å². The predicted octanol–water partition coefficient (Wildman–Crippen LogP) is 2.11. The summed E-state index contributed by atoms with van der Waals surface area (Å²) in [5.74, 6) is 0. The highest BCUT2D eigenvalue weighted by molar-refractivity contribution is 5.54. The summed E-state index contributed by atoms with van der Waals surface area (Å²) in [6.45, 7) is 6.61. The van der Waals surface area contributed by atoms with Crippen LogP contribution in [-0.2, 0) is 6.42 Å². The minimum absolute atomic E-state index is 0.668. The Bertz CT molecular complexity index is 383. The molecule has 1 aromatic carbocycles. The average Bonchev–Trinajstić information content (AvgIpc) is 2.47. The lowest BCUT2D eigenvalue weighted by Gasteiger charge is -2.38. The van der Waals surface area contributed by atoms with Crippen LogP contribution in [0.3, 0.4) is 0 Å². The quantitative estimate of drug-likeness (QED) is 0.881. The van der Waals surface area contributed by atoms with Crippen molar-refractivity contribution in [3.8, 4) is 0 Å². The van der Waals surface area contributed by atoms with Crippen molar-refractivity contribution < 1.29 is 0 Å². The number of para-hydroxylation sites is 1. The Morgan fingerprint density at radius 3 is 2.58 bits per heavy atom. The molecule has 106 valence electrons. The molecule has 0 saturated carbocycles. The molecule has 0 spiro atoms. The Morgan fingerprint density at radius 1 is 1.26 bits per heavy atom. The first-order valence-corrected chi connectivity index (χ1v) is 7.49. The van der Waals surface area contributed by atoms with Gasteiger partial charge in [0.05, 0.1) is 0 Å². The Balaban J connectivity index is 2.05. The average molecular weight is 261 g/mol. The number of anilines is 1. The molecule has 1 fully saturated rings. The van der Waals surface area contributed by atoms with Crippen LogP contribution in [0.15, 0.2) is 24.3 Å². The first-order chi connectivity index (χ1) is 9.26. The van der Waals surface area contributed by atoms with Gasteiger partial charge in [-0.15, -0.1) is 0 Å². The fourth-order valence-electron chi connectivity index (χ4n) is 3.04. The Hall–Kier alpha value is -1.06. The Labute approximate surface area is 117 Å². The van der Waals surface area contributed by atoms with E-state index in [2.05, 4.69) is 48.0 Å². The molecule has 1 heterocycles. The van der Waals surface area contributed by atoms with Crippen LogP contribution in [0.4, 0.5) is 5.69 Å². The Morgan fingerprint density at radius 2 is 1.95 bits per heavy atom. The predicted molar refractivity (Wildman–Crippen MR) is 82.7 cm³/mol. The van der Waals surface area contributed by atoms with Crippen molar-refractivity contribution in [2.45, 2.75) is 32.2 Å². The molecule has 0 amide bonds. The Kier molecular flexibility index (Phi) is 5.23. The highest BCUT2D eigenvalue weighted by Gasteiger charge is 2.22. The van der Waals surface area contributed by atoms with Gasteiger partial charge < -0.3 is 15.5 Å². The first kappa shape index (κ1) is 14.4. The van der Waals surface area contributed by atoms with Crippen LogP contribution in [-0.4, -0.2) is 44.2 Å². The lowest BCUT2D eigenvalue weighted by molar-refractivity contribution is 0.221. The van der Waals surface area contributed by atoms with Crippen molar-refractivity contribution in [1.82, 2.24) is 4.90 Å². The van der Waals surface area contributed by atoms with Gasteiger partial charge in [-0.1, -0.05) is 25.1 Å². The van der Waals surface area contributed by atoms with Gasteiger partial charge in [0.2, 0.25) is 0 Å². The number of hydrogen-bond acceptors (Lipinski definition) is 3. The van der Waals surface area contributed by atoms with Crippen LogP contribution >= 0.6 is 0 Å². The summed E-state index contributed by atoms with van der Waals surface area (Å²) in [4.78, 5) is 5.01. The zero-order valence-corrected chi connectivity index (χ0v) is 12.3. The number of likely N-dealkylation sites (tertiary alicyclic amines) is 1. The molecule has 3 nitrogen and oxygen atoms in total. The van der Waals surface area contributed by atoms with Crippen LogP contribution in [0, 0.1) is 0 Å². The lowest BCUT2D eigenvalue weighted by atomic mass is 10.0. The SMILES string of the molecule is CCN1CCC(N(C)c2ccccc2CCN)CC1. The van der Waals surface area contributed by atoms with Crippen LogP contribution in [0.5, 0.6) is 0 Å². The molecule has 19 heavy (non-hydrogen) atoms. The van der Waals surface area contributed by atoms with E-state index in [1.165, 1.54) is 43.7 Å². The molecule has 1 aliphatic heterocycles. The van der Waals surface area contributed by atoms with Crippen molar-refractivity contribution in [2.75, 3.05) is 38.1 Å². The zero-order chi connectivity index (χ0) is 13.7. The number of nitrogens with zero attached hydrogens (tertiary/aromatic N) is 2. The summed E-state index contributed by atoms with van der Waals surface area (Å²) in [5.41, 5.74) is 8.46. The van der Waals surface area contributed by atoms with Crippen molar-refractivity contribution in [3.05, 3.63) is 29.8 Å². The second-order valence-corrected chi connectivity index (χ2v) is 5.44. The maximum absolute atomic E-state index is 5.72. The van der Waals surface area contributed by atoms with Gasteiger partial charge in [-0.3, -0.25) is 0 Å². The van der Waals surface area contributed by atoms with E-state index in [4.69, 9.17) is 5.73 Å². The fraction of sp³-hybridized carbons (Fsp3) is 0.625. The topological polar surface area (TPSA) is 32.5 Å². The smallest absolute Gasteiger partial charge is 0.0399 e. The third kappa shape index (κ3) is 3.48. The summed E-state index contributed by atoms with van der Waals surface area (Å²) in [6.07, 6.45) is 3.50. The van der Waals surface area contributed by atoms with Gasteiger partial charge in [-0.2, -0.15) is 0 Å². The van der Waals surface area contributed by atoms with Crippen molar-refractivity contribution in [1.29, 1.82) is 0 Å². The fourth-order valence-corrected chi connectivity index (χ4v) is 3.04. The van der Waals surface area contributed by atoms with Crippen molar-refractivity contribution in [2.24, 2.45) is 5.73 Å². The van der Waals surface area contributed by atoms with Crippen LogP contribution in [0.25, 0.3) is 0 Å². The number of hydrogen-bond donors (Lipinski definition) is 1. The molecule has 0 aliphatic carbocycles. The molecular formula is C16H27N3. The van der Waals surface area contributed by atoms with Gasteiger partial charge in [-0.25, -0.2) is 0 Å². The van der Waals surface area contributed by atoms with E-state index in [1.54, 1.807) is 0 Å². The maximum Gasteiger partial charge on any atom is 0.0399 e. The van der Waals surface area contributed by atoms with Gasteiger partial charge in [0.25, 0.3) is 0 Å². The van der Waals surface area contributed by atoms with Gasteiger partial charge >= 0.3 is 0 Å². The molecule has 2 N–H and O–H groups in total. The molecule has 0 bridgehead atoms. The van der Waals surface area contributed by atoms with Crippen LogP contribution < -0.4 is 10.6 Å². The molecule has 0 radical (unpaired) electrons. The second-order valence-electron chi connectivity index (χ2n) is 5.44. The highest BCUT2D eigenvalue weighted by atomic mass is 15.2. The molecule has 0 atom stereocenters. The third-order valence-electron chi connectivity index (χ3n) is 4.34. The molecule has 1 aliphatic rings. The van der Waals surface area contributed by atoms with E-state index in [9.17, 15) is 0 Å². The molecule has 1 aromatic rings. The van der Waals surface area contributed by atoms with Crippen molar-refractivity contribution in [3.63, 3.8) is 0 Å². The van der Waals surface area contributed by atoms with E-state index < -0.39 is 0 Å². The van der Waals surface area contributed by atoms with Crippen LogP contribution in [0.1, 0.15) is 25.3 Å².